The topological polar surface area (TPSA) is 21.4 Å². The zero-order chi connectivity index (χ0) is 8.10. The highest BCUT2D eigenvalue weighted by molar-refractivity contribution is 5.57. The number of carbonyl (C=O) groups excluding carboxylic acids is 1. The van der Waals surface area contributed by atoms with Crippen molar-refractivity contribution in [3.8, 4) is 0 Å². The van der Waals surface area contributed by atoms with Crippen molar-refractivity contribution in [3.63, 3.8) is 0 Å². The van der Waals surface area contributed by atoms with Gasteiger partial charge in [0.25, 0.3) is 0 Å². The molecule has 0 fully saturated rings. The van der Waals surface area contributed by atoms with Crippen LogP contribution in [0.25, 0.3) is 4.85 Å². The van der Waals surface area contributed by atoms with Gasteiger partial charge in [-0.15, -0.1) is 0 Å². The van der Waals surface area contributed by atoms with Crippen LogP contribution in [-0.4, -0.2) is 6.29 Å². The summed E-state index contributed by atoms with van der Waals surface area (Å²) in [6.07, 6.45) is 1.23. The van der Waals surface area contributed by atoms with Crippen LogP contribution in [0.4, 0.5) is 5.69 Å². The van der Waals surface area contributed by atoms with Crippen molar-refractivity contribution >= 4 is 12.0 Å². The summed E-state index contributed by atoms with van der Waals surface area (Å²) < 4.78 is 0. The second kappa shape index (κ2) is 3.52. The van der Waals surface area contributed by atoms with Gasteiger partial charge in [-0.25, -0.2) is 4.85 Å². The van der Waals surface area contributed by atoms with E-state index in [4.69, 9.17) is 6.57 Å². The minimum atomic E-state index is 0.392. The van der Waals surface area contributed by atoms with E-state index in [2.05, 4.69) is 4.85 Å². The Balaban J connectivity index is 2.93. The van der Waals surface area contributed by atoms with Crippen LogP contribution in [0.1, 0.15) is 5.56 Å². The molecule has 0 N–H and O–H groups in total. The van der Waals surface area contributed by atoms with E-state index in [-0.39, 0.29) is 0 Å². The maximum Gasteiger partial charge on any atom is 0.187 e. The van der Waals surface area contributed by atoms with Crippen LogP contribution < -0.4 is 0 Å². The molecule has 11 heavy (non-hydrogen) atoms. The lowest BCUT2D eigenvalue weighted by molar-refractivity contribution is -0.107. The minimum Gasteiger partial charge on any atom is -0.303 e. The number of benzene rings is 1. The molecule has 0 aliphatic heterocycles. The van der Waals surface area contributed by atoms with Gasteiger partial charge in [0.1, 0.15) is 6.29 Å². The molecule has 0 heterocycles. The molecule has 0 unspecified atom stereocenters. The molecule has 1 aromatic rings. The maximum atomic E-state index is 10.1. The summed E-state index contributed by atoms with van der Waals surface area (Å²) in [5, 5.41) is 0. The Morgan fingerprint density at radius 3 is 3.00 bits per heavy atom. The zero-order valence-corrected chi connectivity index (χ0v) is 5.95. The molecule has 0 aliphatic carbocycles. The minimum absolute atomic E-state index is 0.392. The standard InChI is InChI=1S/C9H7NO/c1-10-9-4-2-3-8(7-9)5-6-11/h2-4,6-7H,5H2. The van der Waals surface area contributed by atoms with Crippen LogP contribution in [-0.2, 0) is 11.2 Å². The summed E-state index contributed by atoms with van der Waals surface area (Å²) in [6.45, 7) is 6.71. The Morgan fingerprint density at radius 2 is 2.36 bits per heavy atom. The first-order chi connectivity index (χ1) is 5.36. The summed E-state index contributed by atoms with van der Waals surface area (Å²) >= 11 is 0. The van der Waals surface area contributed by atoms with E-state index in [1.807, 2.05) is 6.07 Å². The summed E-state index contributed by atoms with van der Waals surface area (Å²) in [7, 11) is 0. The SMILES string of the molecule is [C-]#[N+]c1cccc(CC=O)c1. The highest BCUT2D eigenvalue weighted by Gasteiger charge is 1.92. The Morgan fingerprint density at radius 1 is 1.55 bits per heavy atom. The van der Waals surface area contributed by atoms with Crippen molar-refractivity contribution in [1.29, 1.82) is 0 Å². The zero-order valence-electron chi connectivity index (χ0n) is 5.95. The van der Waals surface area contributed by atoms with E-state index < -0.39 is 0 Å². The molecule has 0 radical (unpaired) electrons. The molecule has 2 heteroatoms. The molecule has 1 aromatic carbocycles. The molecule has 0 aliphatic rings. The molecule has 0 aromatic heterocycles. The summed E-state index contributed by atoms with van der Waals surface area (Å²) in [5.74, 6) is 0. The van der Waals surface area contributed by atoms with Gasteiger partial charge in [0.15, 0.2) is 5.69 Å². The average molecular weight is 145 g/mol. The van der Waals surface area contributed by atoms with Crippen LogP contribution in [0.15, 0.2) is 24.3 Å². The van der Waals surface area contributed by atoms with E-state index in [1.54, 1.807) is 18.2 Å². The van der Waals surface area contributed by atoms with E-state index >= 15 is 0 Å². The van der Waals surface area contributed by atoms with Crippen LogP contribution in [0.2, 0.25) is 0 Å². The maximum absolute atomic E-state index is 10.1. The van der Waals surface area contributed by atoms with Crippen LogP contribution >= 0.6 is 0 Å². The Bertz CT molecular complexity index is 299. The van der Waals surface area contributed by atoms with Crippen molar-refractivity contribution in [1.82, 2.24) is 0 Å². The number of nitrogens with zero attached hydrogens (tertiary/aromatic N) is 1. The number of hydrogen-bond acceptors (Lipinski definition) is 1. The normalized spacial score (nSPS) is 8.64. The van der Waals surface area contributed by atoms with E-state index in [1.165, 1.54) is 0 Å². The van der Waals surface area contributed by atoms with E-state index in [9.17, 15) is 4.79 Å². The highest BCUT2D eigenvalue weighted by atomic mass is 16.1. The Labute approximate surface area is 65.3 Å². The van der Waals surface area contributed by atoms with Gasteiger partial charge in [-0.1, -0.05) is 29.8 Å². The van der Waals surface area contributed by atoms with Gasteiger partial charge in [0, 0.05) is 6.42 Å². The quantitative estimate of drug-likeness (QED) is 0.460. The predicted octanol–water partition coefficient (Wildman–Crippen LogP) is 1.98. The number of rotatable bonds is 2. The van der Waals surface area contributed by atoms with E-state index in [0.29, 0.717) is 12.1 Å². The highest BCUT2D eigenvalue weighted by Crippen LogP contribution is 2.13. The van der Waals surface area contributed by atoms with Gasteiger partial charge < -0.3 is 4.79 Å². The largest absolute Gasteiger partial charge is 0.303 e. The predicted molar refractivity (Wildman–Crippen MR) is 42.5 cm³/mol. The number of carbonyl (C=O) groups is 1. The van der Waals surface area contributed by atoms with Crippen molar-refractivity contribution in [2.75, 3.05) is 0 Å². The van der Waals surface area contributed by atoms with Gasteiger partial charge in [-0.2, -0.15) is 0 Å². The Hall–Kier alpha value is -1.62. The molecular formula is C9H7NO. The first-order valence-corrected chi connectivity index (χ1v) is 3.27. The molecule has 0 saturated heterocycles. The monoisotopic (exact) mass is 145 g/mol. The van der Waals surface area contributed by atoms with Gasteiger partial charge >= 0.3 is 0 Å². The second-order valence-electron chi connectivity index (χ2n) is 2.15. The number of aldehydes is 1. The summed E-state index contributed by atoms with van der Waals surface area (Å²) in [4.78, 5) is 13.3. The van der Waals surface area contributed by atoms with Crippen molar-refractivity contribution in [3.05, 3.63) is 41.2 Å². The molecule has 0 atom stereocenters. The van der Waals surface area contributed by atoms with Crippen molar-refractivity contribution in [2.45, 2.75) is 6.42 Å². The number of hydrogen-bond donors (Lipinski definition) is 0. The molecule has 1 rings (SSSR count). The van der Waals surface area contributed by atoms with Crippen LogP contribution in [0.3, 0.4) is 0 Å². The summed E-state index contributed by atoms with van der Waals surface area (Å²) in [6, 6.07) is 7.07. The third-order valence-electron chi connectivity index (χ3n) is 1.36. The lowest BCUT2D eigenvalue weighted by Gasteiger charge is -1.93. The van der Waals surface area contributed by atoms with Crippen molar-refractivity contribution in [2.24, 2.45) is 0 Å². The fraction of sp³-hybridized carbons (Fsp3) is 0.111. The first-order valence-electron chi connectivity index (χ1n) is 3.27. The van der Waals surface area contributed by atoms with Crippen LogP contribution in [0.5, 0.6) is 0 Å². The lowest BCUT2D eigenvalue weighted by atomic mass is 10.1. The fourth-order valence-corrected chi connectivity index (χ4v) is 0.849. The molecule has 0 bridgehead atoms. The average Bonchev–Trinajstić information content (AvgIpc) is 2.06. The van der Waals surface area contributed by atoms with Crippen molar-refractivity contribution < 1.29 is 4.79 Å². The van der Waals surface area contributed by atoms with E-state index in [0.717, 1.165) is 11.8 Å². The molecule has 0 spiro atoms. The van der Waals surface area contributed by atoms with Gasteiger partial charge in [0.05, 0.1) is 6.57 Å². The van der Waals surface area contributed by atoms with Gasteiger partial charge in [-0.3, -0.25) is 0 Å². The third-order valence-corrected chi connectivity index (χ3v) is 1.36. The Kier molecular flexibility index (Phi) is 2.40. The third kappa shape index (κ3) is 1.91. The molecule has 0 amide bonds. The molecular weight excluding hydrogens is 138 g/mol. The second-order valence-corrected chi connectivity index (χ2v) is 2.15. The fourth-order valence-electron chi connectivity index (χ4n) is 0.849. The molecule has 54 valence electrons. The lowest BCUT2D eigenvalue weighted by Crippen LogP contribution is -1.82. The smallest absolute Gasteiger partial charge is 0.187 e. The molecule has 0 saturated carbocycles. The summed E-state index contributed by atoms with van der Waals surface area (Å²) in [5.41, 5.74) is 1.48. The first kappa shape index (κ1) is 7.49. The van der Waals surface area contributed by atoms with Gasteiger partial charge in [-0.05, 0) is 0 Å². The van der Waals surface area contributed by atoms with Crippen LogP contribution in [0, 0.1) is 6.57 Å². The molecule has 2 nitrogen and oxygen atoms in total. The van der Waals surface area contributed by atoms with Gasteiger partial charge in [0.2, 0.25) is 0 Å².